The predicted molar refractivity (Wildman–Crippen MR) is 67.0 cm³/mol. The first-order chi connectivity index (χ1) is 8.24. The van der Waals surface area contributed by atoms with Crippen molar-refractivity contribution in [2.45, 2.75) is 38.5 Å². The summed E-state index contributed by atoms with van der Waals surface area (Å²) in [5, 5.41) is 8.24. The van der Waals surface area contributed by atoms with Gasteiger partial charge in [0, 0.05) is 18.2 Å². The molecule has 1 heterocycles. The monoisotopic (exact) mass is 228 g/mol. The molecule has 0 aliphatic heterocycles. The van der Waals surface area contributed by atoms with Crippen LogP contribution in [0.25, 0.3) is 10.9 Å². The summed E-state index contributed by atoms with van der Waals surface area (Å²) in [7, 11) is 0. The first-order valence-electron chi connectivity index (χ1n) is 6.19. The van der Waals surface area contributed by atoms with Crippen LogP contribution < -0.4 is 0 Å². The van der Waals surface area contributed by atoms with Gasteiger partial charge in [-0.3, -0.25) is 9.89 Å². The second-order valence-corrected chi connectivity index (χ2v) is 4.98. The van der Waals surface area contributed by atoms with E-state index >= 15 is 0 Å². The first-order valence-corrected chi connectivity index (χ1v) is 6.19. The third kappa shape index (κ3) is 1.86. The van der Waals surface area contributed by atoms with Gasteiger partial charge < -0.3 is 0 Å². The number of aryl methyl sites for hydroxylation is 1. The van der Waals surface area contributed by atoms with E-state index < -0.39 is 0 Å². The number of hydrogen-bond donors (Lipinski definition) is 1. The molecule has 1 N–H and O–H groups in total. The van der Waals surface area contributed by atoms with Crippen molar-refractivity contribution >= 4 is 16.7 Å². The van der Waals surface area contributed by atoms with E-state index in [9.17, 15) is 4.79 Å². The van der Waals surface area contributed by atoms with Crippen LogP contribution in [0.4, 0.5) is 0 Å². The van der Waals surface area contributed by atoms with Crippen LogP contribution in [-0.4, -0.2) is 16.0 Å². The zero-order chi connectivity index (χ0) is 11.8. The van der Waals surface area contributed by atoms with Gasteiger partial charge in [0.05, 0.1) is 11.7 Å². The standard InChI is InChI=1S/C14H16N2O/c1-9-6-11-8-15-16-14(11)7-13(9)10-2-4-12(17)5-3-10/h6-8,10H,2-5H2,1H3,(H,15,16). The smallest absolute Gasteiger partial charge is 0.132 e. The van der Waals surface area contributed by atoms with Gasteiger partial charge in [0.1, 0.15) is 5.78 Å². The van der Waals surface area contributed by atoms with Crippen molar-refractivity contribution in [1.29, 1.82) is 0 Å². The second kappa shape index (κ2) is 3.99. The first kappa shape index (κ1) is 10.5. The minimum absolute atomic E-state index is 0.418. The molecule has 0 atom stereocenters. The molecule has 0 radical (unpaired) electrons. The van der Waals surface area contributed by atoms with Crippen molar-refractivity contribution in [2.75, 3.05) is 0 Å². The molecule has 3 rings (SSSR count). The molecule has 3 heteroatoms. The molecule has 0 unspecified atom stereocenters. The summed E-state index contributed by atoms with van der Waals surface area (Å²) in [5.41, 5.74) is 3.80. The van der Waals surface area contributed by atoms with E-state index in [1.807, 2.05) is 6.20 Å². The van der Waals surface area contributed by atoms with E-state index in [1.54, 1.807) is 0 Å². The van der Waals surface area contributed by atoms with Gasteiger partial charge in [0.25, 0.3) is 0 Å². The van der Waals surface area contributed by atoms with Gasteiger partial charge in [-0.15, -0.1) is 0 Å². The van der Waals surface area contributed by atoms with Gasteiger partial charge in [-0.2, -0.15) is 5.10 Å². The lowest BCUT2D eigenvalue weighted by molar-refractivity contribution is -0.120. The average molecular weight is 228 g/mol. The zero-order valence-electron chi connectivity index (χ0n) is 9.99. The Kier molecular flexibility index (Phi) is 2.46. The number of hydrogen-bond acceptors (Lipinski definition) is 2. The van der Waals surface area contributed by atoms with Crippen LogP contribution in [-0.2, 0) is 4.79 Å². The van der Waals surface area contributed by atoms with Gasteiger partial charge in [-0.1, -0.05) is 0 Å². The molecule has 0 amide bonds. The largest absolute Gasteiger partial charge is 0.300 e. The highest BCUT2D eigenvalue weighted by Crippen LogP contribution is 2.34. The molecule has 1 aliphatic rings. The highest BCUT2D eigenvalue weighted by molar-refractivity contribution is 5.81. The maximum absolute atomic E-state index is 11.3. The Hall–Kier alpha value is -1.64. The number of aromatic nitrogens is 2. The number of Topliss-reactive ketones (excluding diaryl/α,β-unsaturated/α-hetero) is 1. The van der Waals surface area contributed by atoms with Crippen molar-refractivity contribution in [3.05, 3.63) is 29.5 Å². The van der Waals surface area contributed by atoms with Gasteiger partial charge >= 0.3 is 0 Å². The Bertz CT molecular complexity index is 561. The van der Waals surface area contributed by atoms with E-state index in [0.717, 1.165) is 36.6 Å². The van der Waals surface area contributed by atoms with Gasteiger partial charge in [-0.25, -0.2) is 0 Å². The maximum atomic E-state index is 11.3. The molecule has 0 spiro atoms. The molecule has 1 aromatic carbocycles. The number of fused-ring (bicyclic) bond motifs is 1. The van der Waals surface area contributed by atoms with Crippen molar-refractivity contribution < 1.29 is 4.79 Å². The number of benzene rings is 1. The lowest BCUT2D eigenvalue weighted by atomic mass is 9.81. The number of carbonyl (C=O) groups excluding carboxylic acids is 1. The highest BCUT2D eigenvalue weighted by atomic mass is 16.1. The van der Waals surface area contributed by atoms with E-state index in [1.165, 1.54) is 11.1 Å². The molecule has 88 valence electrons. The Morgan fingerprint density at radius 2 is 2.06 bits per heavy atom. The SMILES string of the molecule is Cc1cc2cn[nH]c2cc1C1CCC(=O)CC1. The Labute approximate surface area is 100 Å². The quantitative estimate of drug-likeness (QED) is 0.815. The molecular formula is C14H16N2O. The maximum Gasteiger partial charge on any atom is 0.132 e. The van der Waals surface area contributed by atoms with Crippen LogP contribution >= 0.6 is 0 Å². The summed E-state index contributed by atoms with van der Waals surface area (Å²) >= 11 is 0. The number of aromatic amines is 1. The molecule has 1 aliphatic carbocycles. The number of nitrogens with one attached hydrogen (secondary N) is 1. The Morgan fingerprint density at radius 1 is 1.29 bits per heavy atom. The molecule has 3 nitrogen and oxygen atoms in total. The molecule has 1 aromatic heterocycles. The van der Waals surface area contributed by atoms with Crippen molar-refractivity contribution in [2.24, 2.45) is 0 Å². The lowest BCUT2D eigenvalue weighted by Crippen LogP contribution is -2.13. The van der Waals surface area contributed by atoms with Crippen LogP contribution in [0.1, 0.15) is 42.7 Å². The molecular weight excluding hydrogens is 212 g/mol. The van der Waals surface area contributed by atoms with Crippen LogP contribution in [0, 0.1) is 6.92 Å². The average Bonchev–Trinajstić information content (AvgIpc) is 2.76. The van der Waals surface area contributed by atoms with Gasteiger partial charge in [-0.05, 0) is 48.9 Å². The fraction of sp³-hybridized carbons (Fsp3) is 0.429. The summed E-state index contributed by atoms with van der Waals surface area (Å²) in [5.74, 6) is 0.960. The number of rotatable bonds is 1. The number of carbonyl (C=O) groups is 1. The van der Waals surface area contributed by atoms with Crippen LogP contribution in [0.15, 0.2) is 18.3 Å². The third-order valence-electron chi connectivity index (χ3n) is 3.81. The normalized spacial score (nSPS) is 17.8. The summed E-state index contributed by atoms with van der Waals surface area (Å²) < 4.78 is 0. The summed E-state index contributed by atoms with van der Waals surface area (Å²) in [4.78, 5) is 11.3. The lowest BCUT2D eigenvalue weighted by Gasteiger charge is -2.23. The summed E-state index contributed by atoms with van der Waals surface area (Å²) in [6.45, 7) is 2.15. The molecule has 1 fully saturated rings. The molecule has 0 saturated heterocycles. The van der Waals surface area contributed by atoms with Crippen LogP contribution in [0.5, 0.6) is 0 Å². The van der Waals surface area contributed by atoms with Crippen molar-refractivity contribution in [3.8, 4) is 0 Å². The van der Waals surface area contributed by atoms with Gasteiger partial charge in [0.2, 0.25) is 0 Å². The zero-order valence-corrected chi connectivity index (χ0v) is 9.99. The molecule has 0 bridgehead atoms. The highest BCUT2D eigenvalue weighted by Gasteiger charge is 2.21. The Morgan fingerprint density at radius 3 is 2.82 bits per heavy atom. The van der Waals surface area contributed by atoms with Gasteiger partial charge in [0.15, 0.2) is 0 Å². The fourth-order valence-electron chi connectivity index (χ4n) is 2.81. The van der Waals surface area contributed by atoms with E-state index in [0.29, 0.717) is 11.7 Å². The molecule has 2 aromatic rings. The third-order valence-corrected chi connectivity index (χ3v) is 3.81. The summed E-state index contributed by atoms with van der Waals surface area (Å²) in [6, 6.07) is 4.39. The van der Waals surface area contributed by atoms with E-state index in [2.05, 4.69) is 29.3 Å². The number of nitrogens with zero attached hydrogens (tertiary/aromatic N) is 1. The van der Waals surface area contributed by atoms with Crippen LogP contribution in [0.2, 0.25) is 0 Å². The second-order valence-electron chi connectivity index (χ2n) is 4.98. The fourth-order valence-corrected chi connectivity index (χ4v) is 2.81. The minimum atomic E-state index is 0.418. The predicted octanol–water partition coefficient (Wildman–Crippen LogP) is 3.10. The summed E-state index contributed by atoms with van der Waals surface area (Å²) in [6.07, 6.45) is 5.34. The van der Waals surface area contributed by atoms with Crippen molar-refractivity contribution in [1.82, 2.24) is 10.2 Å². The number of H-pyrrole nitrogens is 1. The molecule has 1 saturated carbocycles. The van der Waals surface area contributed by atoms with E-state index in [4.69, 9.17) is 0 Å². The van der Waals surface area contributed by atoms with Crippen molar-refractivity contribution in [3.63, 3.8) is 0 Å². The topological polar surface area (TPSA) is 45.8 Å². The van der Waals surface area contributed by atoms with E-state index in [-0.39, 0.29) is 0 Å². The minimum Gasteiger partial charge on any atom is -0.300 e. The molecule has 17 heavy (non-hydrogen) atoms. The van der Waals surface area contributed by atoms with Crippen LogP contribution in [0.3, 0.4) is 0 Å². The Balaban J connectivity index is 1.98. The number of ketones is 1.